The van der Waals surface area contributed by atoms with Crippen LogP contribution in [-0.4, -0.2) is 15.7 Å². The second kappa shape index (κ2) is 7.45. The monoisotopic (exact) mass is 345 g/mol. The molecular formula is C20H15N3O3. The van der Waals surface area contributed by atoms with E-state index in [9.17, 15) is 14.9 Å². The van der Waals surface area contributed by atoms with Crippen LogP contribution in [0.15, 0.2) is 65.5 Å². The molecule has 0 saturated heterocycles. The van der Waals surface area contributed by atoms with Gasteiger partial charge < -0.3 is 4.74 Å². The van der Waals surface area contributed by atoms with Gasteiger partial charge in [-0.2, -0.15) is 10.4 Å². The number of nitriles is 1. The Morgan fingerprint density at radius 3 is 2.54 bits per heavy atom. The number of carbonyl (C=O) groups is 1. The van der Waals surface area contributed by atoms with Crippen molar-refractivity contribution in [1.29, 1.82) is 5.26 Å². The average Bonchev–Trinajstić information content (AvgIpc) is 2.68. The molecule has 0 aliphatic carbocycles. The second-order valence-corrected chi connectivity index (χ2v) is 5.61. The smallest absolute Gasteiger partial charge is 0.359 e. The first kappa shape index (κ1) is 17.1. The first-order valence-electron chi connectivity index (χ1n) is 7.88. The highest BCUT2D eigenvalue weighted by atomic mass is 16.5. The summed E-state index contributed by atoms with van der Waals surface area (Å²) >= 11 is 0. The Hall–Kier alpha value is -3.72. The Balaban J connectivity index is 1.70. The number of aryl methyl sites for hydroxylation is 1. The van der Waals surface area contributed by atoms with Gasteiger partial charge in [0.1, 0.15) is 6.61 Å². The summed E-state index contributed by atoms with van der Waals surface area (Å²) in [7, 11) is 1.47. The lowest BCUT2D eigenvalue weighted by Crippen LogP contribution is -2.21. The molecule has 0 N–H and O–H groups in total. The van der Waals surface area contributed by atoms with Crippen molar-refractivity contribution in [3.8, 4) is 17.2 Å². The minimum atomic E-state index is -0.598. The number of nitrogens with zero attached hydrogens (tertiary/aromatic N) is 3. The third kappa shape index (κ3) is 3.68. The van der Waals surface area contributed by atoms with Crippen molar-refractivity contribution in [3.63, 3.8) is 0 Å². The third-order valence-electron chi connectivity index (χ3n) is 3.85. The van der Waals surface area contributed by atoms with Gasteiger partial charge in [-0.3, -0.25) is 4.79 Å². The molecule has 0 radical (unpaired) electrons. The van der Waals surface area contributed by atoms with Gasteiger partial charge in [0.05, 0.1) is 11.6 Å². The lowest BCUT2D eigenvalue weighted by atomic mass is 9.99. The molecule has 0 spiro atoms. The number of hydrogen-bond donors (Lipinski definition) is 0. The molecule has 0 aliphatic heterocycles. The van der Waals surface area contributed by atoms with Crippen LogP contribution in [-0.2, 0) is 18.4 Å². The van der Waals surface area contributed by atoms with Gasteiger partial charge in [-0.1, -0.05) is 42.5 Å². The van der Waals surface area contributed by atoms with Crippen LogP contribution in [0.3, 0.4) is 0 Å². The maximum atomic E-state index is 12.0. The SMILES string of the molecule is Cn1nc(C(=O)OCc2ccc(-c3ccccc3C#N)cc2)ccc1=O. The molecule has 0 bridgehead atoms. The highest BCUT2D eigenvalue weighted by molar-refractivity contribution is 5.86. The van der Waals surface area contributed by atoms with Crippen LogP contribution in [0.2, 0.25) is 0 Å². The maximum absolute atomic E-state index is 12.0. The topological polar surface area (TPSA) is 85.0 Å². The third-order valence-corrected chi connectivity index (χ3v) is 3.85. The summed E-state index contributed by atoms with van der Waals surface area (Å²) in [5.74, 6) is -0.598. The lowest BCUT2D eigenvalue weighted by molar-refractivity contribution is 0.0463. The molecule has 0 atom stereocenters. The molecule has 1 aromatic heterocycles. The van der Waals surface area contributed by atoms with E-state index in [0.29, 0.717) is 5.56 Å². The number of ether oxygens (including phenoxy) is 1. The number of hydrogen-bond acceptors (Lipinski definition) is 5. The van der Waals surface area contributed by atoms with Gasteiger partial charge in [-0.15, -0.1) is 0 Å². The first-order chi connectivity index (χ1) is 12.6. The van der Waals surface area contributed by atoms with Crippen LogP contribution >= 0.6 is 0 Å². The van der Waals surface area contributed by atoms with E-state index in [1.165, 1.54) is 19.2 Å². The Labute approximate surface area is 149 Å². The second-order valence-electron chi connectivity index (χ2n) is 5.61. The molecule has 0 amide bonds. The molecule has 1 heterocycles. The lowest BCUT2D eigenvalue weighted by Gasteiger charge is -2.07. The summed E-state index contributed by atoms with van der Waals surface area (Å²) in [6, 6.07) is 19.6. The summed E-state index contributed by atoms with van der Waals surface area (Å²) in [5, 5.41) is 13.0. The predicted octanol–water partition coefficient (Wildman–Crippen LogP) is 2.68. The number of carbonyl (C=O) groups excluding carboxylic acids is 1. The van der Waals surface area contributed by atoms with E-state index >= 15 is 0 Å². The number of benzene rings is 2. The zero-order valence-corrected chi connectivity index (χ0v) is 14.0. The highest BCUT2D eigenvalue weighted by Gasteiger charge is 2.11. The molecular weight excluding hydrogens is 330 g/mol. The molecule has 0 aliphatic rings. The minimum Gasteiger partial charge on any atom is -0.456 e. The number of esters is 1. The van der Waals surface area contributed by atoms with E-state index in [1.54, 1.807) is 6.07 Å². The standard InChI is InChI=1S/C20H15N3O3/c1-23-19(24)11-10-18(22-23)20(25)26-13-14-6-8-15(9-7-14)17-5-3-2-4-16(17)12-21/h2-11H,13H2,1H3. The van der Waals surface area contributed by atoms with Crippen LogP contribution < -0.4 is 5.56 Å². The Morgan fingerprint density at radius 2 is 1.85 bits per heavy atom. The molecule has 0 saturated carbocycles. The van der Waals surface area contributed by atoms with Crippen molar-refractivity contribution in [3.05, 3.63) is 87.8 Å². The molecule has 6 nitrogen and oxygen atoms in total. The predicted molar refractivity (Wildman–Crippen MR) is 95.2 cm³/mol. The van der Waals surface area contributed by atoms with Gasteiger partial charge in [0.2, 0.25) is 0 Å². The van der Waals surface area contributed by atoms with Gasteiger partial charge in [0.25, 0.3) is 5.56 Å². The molecule has 128 valence electrons. The van der Waals surface area contributed by atoms with Crippen LogP contribution in [0.4, 0.5) is 0 Å². The molecule has 2 aromatic carbocycles. The maximum Gasteiger partial charge on any atom is 0.359 e. The van der Waals surface area contributed by atoms with Crippen molar-refractivity contribution in [2.75, 3.05) is 0 Å². The fourth-order valence-electron chi connectivity index (χ4n) is 2.45. The highest BCUT2D eigenvalue weighted by Crippen LogP contribution is 2.23. The van der Waals surface area contributed by atoms with E-state index in [1.807, 2.05) is 42.5 Å². The molecule has 0 unspecified atom stereocenters. The van der Waals surface area contributed by atoms with Gasteiger partial charge in [0, 0.05) is 13.1 Å². The summed E-state index contributed by atoms with van der Waals surface area (Å²) < 4.78 is 6.31. The Kier molecular flexibility index (Phi) is 4.90. The molecule has 6 heteroatoms. The van der Waals surface area contributed by atoms with E-state index in [2.05, 4.69) is 11.2 Å². The van der Waals surface area contributed by atoms with E-state index in [0.717, 1.165) is 21.4 Å². The Bertz CT molecular complexity index is 1050. The van der Waals surface area contributed by atoms with Gasteiger partial charge in [-0.05, 0) is 28.8 Å². The summed E-state index contributed by atoms with van der Waals surface area (Å²) in [6.45, 7) is 0.0868. The summed E-state index contributed by atoms with van der Waals surface area (Å²) in [6.07, 6.45) is 0. The Morgan fingerprint density at radius 1 is 1.12 bits per heavy atom. The minimum absolute atomic E-state index is 0.0756. The zero-order valence-electron chi connectivity index (χ0n) is 14.0. The van der Waals surface area contributed by atoms with Crippen molar-refractivity contribution in [2.24, 2.45) is 7.05 Å². The van der Waals surface area contributed by atoms with Crippen LogP contribution in [0.1, 0.15) is 21.6 Å². The van der Waals surface area contributed by atoms with Gasteiger partial charge >= 0.3 is 5.97 Å². The van der Waals surface area contributed by atoms with Gasteiger partial charge in [0.15, 0.2) is 5.69 Å². The van der Waals surface area contributed by atoms with Crippen molar-refractivity contribution in [1.82, 2.24) is 9.78 Å². The normalized spacial score (nSPS) is 10.2. The number of aromatic nitrogens is 2. The number of rotatable bonds is 4. The largest absolute Gasteiger partial charge is 0.456 e. The van der Waals surface area contributed by atoms with Crippen LogP contribution in [0.25, 0.3) is 11.1 Å². The molecule has 3 aromatic rings. The van der Waals surface area contributed by atoms with E-state index in [4.69, 9.17) is 4.74 Å². The van der Waals surface area contributed by atoms with Crippen molar-refractivity contribution < 1.29 is 9.53 Å². The average molecular weight is 345 g/mol. The fraction of sp³-hybridized carbons (Fsp3) is 0.100. The molecule has 3 rings (SSSR count). The molecule has 26 heavy (non-hydrogen) atoms. The molecule has 0 fully saturated rings. The van der Waals surface area contributed by atoms with E-state index in [-0.39, 0.29) is 17.9 Å². The summed E-state index contributed by atoms with van der Waals surface area (Å²) in [4.78, 5) is 23.3. The fourth-order valence-corrected chi connectivity index (χ4v) is 2.45. The van der Waals surface area contributed by atoms with E-state index < -0.39 is 5.97 Å². The first-order valence-corrected chi connectivity index (χ1v) is 7.88. The quantitative estimate of drug-likeness (QED) is 0.679. The zero-order chi connectivity index (χ0) is 18.5. The van der Waals surface area contributed by atoms with Crippen LogP contribution in [0, 0.1) is 11.3 Å². The van der Waals surface area contributed by atoms with Gasteiger partial charge in [-0.25, -0.2) is 9.48 Å². The van der Waals surface area contributed by atoms with Crippen molar-refractivity contribution in [2.45, 2.75) is 6.61 Å². The van der Waals surface area contributed by atoms with Crippen molar-refractivity contribution >= 4 is 5.97 Å². The van der Waals surface area contributed by atoms with Crippen LogP contribution in [0.5, 0.6) is 0 Å². The summed E-state index contributed by atoms with van der Waals surface area (Å²) in [5.41, 5.74) is 2.96.